The summed E-state index contributed by atoms with van der Waals surface area (Å²) in [4.78, 5) is 8.54. The van der Waals surface area contributed by atoms with Gasteiger partial charge in [0.2, 0.25) is 5.88 Å². The van der Waals surface area contributed by atoms with Crippen molar-refractivity contribution in [2.24, 2.45) is 0 Å². The monoisotopic (exact) mass is 256 g/mol. The maximum Gasteiger partial charge on any atom is 0.221 e. The van der Waals surface area contributed by atoms with E-state index in [9.17, 15) is 0 Å². The van der Waals surface area contributed by atoms with Crippen molar-refractivity contribution in [3.8, 4) is 5.88 Å². The summed E-state index contributed by atoms with van der Waals surface area (Å²) >= 11 is 6.03. The van der Waals surface area contributed by atoms with Gasteiger partial charge in [0.05, 0.1) is 6.61 Å². The van der Waals surface area contributed by atoms with E-state index >= 15 is 0 Å². The number of aryl methyl sites for hydroxylation is 1. The van der Waals surface area contributed by atoms with E-state index in [0.717, 1.165) is 24.2 Å². The molecule has 1 rings (SSSR count). The van der Waals surface area contributed by atoms with Gasteiger partial charge in [-0.1, -0.05) is 44.7 Å². The van der Waals surface area contributed by atoms with Crippen molar-refractivity contribution >= 4 is 11.6 Å². The smallest absolute Gasteiger partial charge is 0.221 e. The van der Waals surface area contributed by atoms with Crippen molar-refractivity contribution in [1.82, 2.24) is 9.97 Å². The van der Waals surface area contributed by atoms with E-state index in [1.54, 1.807) is 0 Å². The van der Waals surface area contributed by atoms with Gasteiger partial charge in [0.15, 0.2) is 0 Å². The van der Waals surface area contributed by atoms with Crippen LogP contribution >= 0.6 is 11.6 Å². The minimum absolute atomic E-state index is 0.500. The van der Waals surface area contributed by atoms with E-state index in [4.69, 9.17) is 16.3 Å². The third-order valence-electron chi connectivity index (χ3n) is 2.64. The summed E-state index contributed by atoms with van der Waals surface area (Å²) in [6.45, 7) is 6.80. The first-order valence-corrected chi connectivity index (χ1v) is 6.72. The lowest BCUT2D eigenvalue weighted by molar-refractivity contribution is 0.290. The first-order valence-electron chi connectivity index (χ1n) is 6.34. The summed E-state index contributed by atoms with van der Waals surface area (Å²) < 4.78 is 5.67. The molecule has 0 aliphatic carbocycles. The van der Waals surface area contributed by atoms with Gasteiger partial charge in [0, 0.05) is 12.0 Å². The van der Waals surface area contributed by atoms with Crippen molar-refractivity contribution in [2.45, 2.75) is 52.9 Å². The summed E-state index contributed by atoms with van der Waals surface area (Å²) in [6.07, 6.45) is 5.53. The molecule has 1 aromatic rings. The van der Waals surface area contributed by atoms with Gasteiger partial charge in [-0.2, -0.15) is 4.98 Å². The van der Waals surface area contributed by atoms with Crippen LogP contribution in [0.2, 0.25) is 5.15 Å². The van der Waals surface area contributed by atoms with Gasteiger partial charge in [0.1, 0.15) is 11.0 Å². The van der Waals surface area contributed by atoms with Gasteiger partial charge in [0.25, 0.3) is 0 Å². The third kappa shape index (κ3) is 4.50. The van der Waals surface area contributed by atoms with E-state index in [-0.39, 0.29) is 0 Å². The number of halogens is 1. The quantitative estimate of drug-likeness (QED) is 0.547. The van der Waals surface area contributed by atoms with Gasteiger partial charge < -0.3 is 4.74 Å². The van der Waals surface area contributed by atoms with Crippen LogP contribution in [0.3, 0.4) is 0 Å². The fraction of sp³-hybridized carbons (Fsp3) is 0.692. The van der Waals surface area contributed by atoms with Crippen LogP contribution in [-0.2, 0) is 6.42 Å². The van der Waals surface area contributed by atoms with Crippen LogP contribution in [0.1, 0.15) is 50.9 Å². The maximum atomic E-state index is 6.03. The molecule has 0 amide bonds. The number of unbranched alkanes of at least 4 members (excludes halogenated alkanes) is 3. The molecule has 3 nitrogen and oxygen atoms in total. The Morgan fingerprint density at radius 1 is 1.12 bits per heavy atom. The fourth-order valence-corrected chi connectivity index (χ4v) is 1.69. The van der Waals surface area contributed by atoms with Crippen LogP contribution in [0.4, 0.5) is 0 Å². The minimum atomic E-state index is 0.500. The molecule has 1 heterocycles. The zero-order valence-electron chi connectivity index (χ0n) is 10.9. The Kier molecular flexibility index (Phi) is 6.27. The molecule has 0 atom stereocenters. The van der Waals surface area contributed by atoms with Gasteiger partial charge in [-0.15, -0.1) is 0 Å². The van der Waals surface area contributed by atoms with Gasteiger partial charge in [-0.25, -0.2) is 4.98 Å². The Labute approximate surface area is 109 Å². The molecule has 4 heteroatoms. The Morgan fingerprint density at radius 2 is 1.88 bits per heavy atom. The van der Waals surface area contributed by atoms with Gasteiger partial charge in [-0.05, 0) is 13.3 Å². The lowest BCUT2D eigenvalue weighted by Crippen LogP contribution is -2.05. The van der Waals surface area contributed by atoms with Crippen molar-refractivity contribution in [1.29, 1.82) is 0 Å². The molecule has 0 spiro atoms. The second kappa shape index (κ2) is 7.49. The second-order valence-corrected chi connectivity index (χ2v) is 4.48. The Morgan fingerprint density at radius 3 is 2.53 bits per heavy atom. The molecule has 0 aliphatic heterocycles. The average Bonchev–Trinajstić information content (AvgIpc) is 2.33. The lowest BCUT2D eigenvalue weighted by atomic mass is 10.2. The number of nitrogens with zero attached hydrogens (tertiary/aromatic N) is 2. The fourth-order valence-electron chi connectivity index (χ4n) is 1.51. The molecule has 1 aromatic heterocycles. The van der Waals surface area contributed by atoms with Crippen LogP contribution in [-0.4, -0.2) is 16.6 Å². The molecular formula is C13H21ClN2O. The molecular weight excluding hydrogens is 236 g/mol. The molecule has 0 fully saturated rings. The molecule has 0 saturated heterocycles. The highest BCUT2D eigenvalue weighted by Gasteiger charge is 2.09. The number of hydrogen-bond donors (Lipinski definition) is 0. The topological polar surface area (TPSA) is 35.0 Å². The highest BCUT2D eigenvalue weighted by molar-refractivity contribution is 6.30. The summed E-state index contributed by atoms with van der Waals surface area (Å²) in [5, 5.41) is 0.500. The molecule has 17 heavy (non-hydrogen) atoms. The Hall–Kier alpha value is -0.830. The van der Waals surface area contributed by atoms with Crippen molar-refractivity contribution in [3.05, 3.63) is 16.5 Å². The number of aromatic nitrogens is 2. The molecule has 0 radical (unpaired) electrons. The highest BCUT2D eigenvalue weighted by Crippen LogP contribution is 2.22. The van der Waals surface area contributed by atoms with E-state index in [0.29, 0.717) is 17.6 Å². The summed E-state index contributed by atoms with van der Waals surface area (Å²) in [6, 6.07) is 0. The lowest BCUT2D eigenvalue weighted by Gasteiger charge is -2.10. The van der Waals surface area contributed by atoms with Crippen molar-refractivity contribution < 1.29 is 4.74 Å². The van der Waals surface area contributed by atoms with Crippen LogP contribution in [0.5, 0.6) is 5.88 Å². The first kappa shape index (κ1) is 14.2. The molecule has 96 valence electrons. The Bertz CT molecular complexity index is 356. The molecule has 0 N–H and O–H groups in total. The van der Waals surface area contributed by atoms with E-state index in [2.05, 4.69) is 16.9 Å². The molecule has 0 unspecified atom stereocenters. The standard InChI is InChI=1S/C13H21ClN2O/c1-4-6-7-8-9-17-13-10(3)12(14)15-11(5-2)16-13/h4-9H2,1-3H3. The van der Waals surface area contributed by atoms with E-state index in [1.165, 1.54) is 19.3 Å². The highest BCUT2D eigenvalue weighted by atomic mass is 35.5. The average molecular weight is 257 g/mol. The normalized spacial score (nSPS) is 10.6. The first-order chi connectivity index (χ1) is 8.19. The second-order valence-electron chi connectivity index (χ2n) is 4.12. The predicted molar refractivity (Wildman–Crippen MR) is 70.8 cm³/mol. The molecule has 0 aromatic carbocycles. The zero-order chi connectivity index (χ0) is 12.7. The van der Waals surface area contributed by atoms with Crippen LogP contribution in [0, 0.1) is 6.92 Å². The molecule has 0 bridgehead atoms. The summed E-state index contributed by atoms with van der Waals surface area (Å²) in [5.41, 5.74) is 0.833. The maximum absolute atomic E-state index is 6.03. The summed E-state index contributed by atoms with van der Waals surface area (Å²) in [7, 11) is 0. The zero-order valence-corrected chi connectivity index (χ0v) is 11.7. The van der Waals surface area contributed by atoms with Crippen molar-refractivity contribution in [2.75, 3.05) is 6.61 Å². The minimum Gasteiger partial charge on any atom is -0.477 e. The number of rotatable bonds is 7. The summed E-state index contributed by atoms with van der Waals surface area (Å²) in [5.74, 6) is 1.38. The number of hydrogen-bond acceptors (Lipinski definition) is 3. The van der Waals surface area contributed by atoms with Gasteiger partial charge in [-0.3, -0.25) is 0 Å². The van der Waals surface area contributed by atoms with Crippen molar-refractivity contribution in [3.63, 3.8) is 0 Å². The van der Waals surface area contributed by atoms with E-state index in [1.807, 2.05) is 13.8 Å². The third-order valence-corrected chi connectivity index (χ3v) is 3.01. The SMILES string of the molecule is CCCCCCOc1nc(CC)nc(Cl)c1C. The van der Waals surface area contributed by atoms with Crippen LogP contribution in [0.15, 0.2) is 0 Å². The van der Waals surface area contributed by atoms with Crippen LogP contribution < -0.4 is 4.74 Å². The van der Waals surface area contributed by atoms with E-state index < -0.39 is 0 Å². The Balaban J connectivity index is 2.54. The molecule has 0 aliphatic rings. The predicted octanol–water partition coefficient (Wildman–Crippen LogP) is 3.96. The van der Waals surface area contributed by atoms with Gasteiger partial charge >= 0.3 is 0 Å². The van der Waals surface area contributed by atoms with Crippen LogP contribution in [0.25, 0.3) is 0 Å². The number of ether oxygens (including phenoxy) is 1. The molecule has 0 saturated carbocycles. The largest absolute Gasteiger partial charge is 0.477 e.